The van der Waals surface area contributed by atoms with Gasteiger partial charge < -0.3 is 16.8 Å². The van der Waals surface area contributed by atoms with E-state index in [2.05, 4.69) is 20.6 Å². The maximum absolute atomic E-state index is 11.7. The van der Waals surface area contributed by atoms with Crippen LogP contribution in [0.15, 0.2) is 0 Å². The Hall–Kier alpha value is -2.09. The molecule has 9 heteroatoms. The zero-order valence-corrected chi connectivity index (χ0v) is 12.2. The molecule has 114 valence electrons. The fraction of sp³-hybridized carbons (Fsp3) is 0.500. The standard InChI is InChI=1S/C12H18ClN7O/c13-8-10(17-6-4-2-1-3-5-6)19-9(14)7(18-8)11(21)20-12(15)16/h6H,1-5H2,(H3,14,17,19)(H4,15,16,20,21). The second-order valence-corrected chi connectivity index (χ2v) is 5.30. The van der Waals surface area contributed by atoms with Gasteiger partial charge in [0.05, 0.1) is 0 Å². The molecule has 1 aromatic heterocycles. The summed E-state index contributed by atoms with van der Waals surface area (Å²) in [4.78, 5) is 19.8. The summed E-state index contributed by atoms with van der Waals surface area (Å²) in [6.45, 7) is 0. The Morgan fingerprint density at radius 3 is 2.57 bits per heavy atom. The number of carbonyl (C=O) groups excluding carboxylic acids is 1. The first kappa shape index (κ1) is 15.3. The zero-order chi connectivity index (χ0) is 15.4. The van der Waals surface area contributed by atoms with Gasteiger partial charge in [-0.2, -0.15) is 0 Å². The molecule has 0 saturated heterocycles. The molecule has 8 nitrogen and oxygen atoms in total. The van der Waals surface area contributed by atoms with Gasteiger partial charge in [-0.05, 0) is 12.8 Å². The van der Waals surface area contributed by atoms with Crippen LogP contribution in [0.1, 0.15) is 42.6 Å². The highest BCUT2D eigenvalue weighted by atomic mass is 35.5. The summed E-state index contributed by atoms with van der Waals surface area (Å²) in [7, 11) is 0. The van der Waals surface area contributed by atoms with Gasteiger partial charge in [0.1, 0.15) is 0 Å². The number of hydrogen-bond acceptors (Lipinski definition) is 6. The number of rotatable bonds is 3. The summed E-state index contributed by atoms with van der Waals surface area (Å²) >= 11 is 6.04. The van der Waals surface area contributed by atoms with Crippen molar-refractivity contribution in [2.75, 3.05) is 11.1 Å². The van der Waals surface area contributed by atoms with Crippen molar-refractivity contribution >= 4 is 35.1 Å². The van der Waals surface area contributed by atoms with Crippen LogP contribution < -0.4 is 22.1 Å². The van der Waals surface area contributed by atoms with Gasteiger partial charge >= 0.3 is 0 Å². The molecule has 1 aliphatic rings. The van der Waals surface area contributed by atoms with Crippen LogP contribution in [-0.2, 0) is 0 Å². The van der Waals surface area contributed by atoms with Gasteiger partial charge in [0.2, 0.25) is 0 Å². The minimum atomic E-state index is -0.710. The summed E-state index contributed by atoms with van der Waals surface area (Å²) in [5, 5.41) is 12.4. The van der Waals surface area contributed by atoms with Gasteiger partial charge in [-0.25, -0.2) is 9.97 Å². The van der Waals surface area contributed by atoms with E-state index in [-0.39, 0.29) is 16.7 Å². The molecule has 1 amide bonds. The van der Waals surface area contributed by atoms with Crippen molar-refractivity contribution in [3.05, 3.63) is 10.8 Å². The van der Waals surface area contributed by atoms with Gasteiger partial charge in [0, 0.05) is 6.04 Å². The molecule has 0 spiro atoms. The van der Waals surface area contributed by atoms with Crippen LogP contribution in [0.2, 0.25) is 5.15 Å². The first-order valence-electron chi connectivity index (χ1n) is 6.72. The molecule has 0 unspecified atom stereocenters. The third kappa shape index (κ3) is 3.94. The van der Waals surface area contributed by atoms with E-state index in [1.54, 1.807) is 0 Å². The van der Waals surface area contributed by atoms with Crippen molar-refractivity contribution < 1.29 is 4.79 Å². The number of guanidine groups is 1. The minimum Gasteiger partial charge on any atom is -0.382 e. The van der Waals surface area contributed by atoms with Crippen LogP contribution in [0.25, 0.3) is 0 Å². The van der Waals surface area contributed by atoms with Gasteiger partial charge in [0.25, 0.3) is 5.91 Å². The predicted octanol–water partition coefficient (Wildman–Crippen LogP) is 1.08. The Kier molecular flexibility index (Phi) is 4.79. The highest BCUT2D eigenvalue weighted by Gasteiger charge is 2.20. The van der Waals surface area contributed by atoms with Crippen molar-refractivity contribution in [1.29, 1.82) is 5.41 Å². The average molecular weight is 312 g/mol. The van der Waals surface area contributed by atoms with Crippen molar-refractivity contribution in [3.63, 3.8) is 0 Å². The van der Waals surface area contributed by atoms with Crippen LogP contribution in [-0.4, -0.2) is 27.9 Å². The van der Waals surface area contributed by atoms with E-state index in [0.717, 1.165) is 25.7 Å². The quantitative estimate of drug-likeness (QED) is 0.417. The second-order valence-electron chi connectivity index (χ2n) is 4.94. The number of nitrogens with two attached hydrogens (primary N) is 2. The third-order valence-corrected chi connectivity index (χ3v) is 3.55. The van der Waals surface area contributed by atoms with E-state index in [4.69, 9.17) is 28.5 Å². The first-order valence-corrected chi connectivity index (χ1v) is 7.10. The van der Waals surface area contributed by atoms with Crippen LogP contribution in [0.3, 0.4) is 0 Å². The van der Waals surface area contributed by atoms with Crippen LogP contribution in [0.4, 0.5) is 11.6 Å². The lowest BCUT2D eigenvalue weighted by Crippen LogP contribution is -2.36. The highest BCUT2D eigenvalue weighted by Crippen LogP contribution is 2.25. The number of hydrogen-bond donors (Lipinski definition) is 5. The van der Waals surface area contributed by atoms with Crippen molar-refractivity contribution in [2.24, 2.45) is 5.73 Å². The van der Waals surface area contributed by atoms with Crippen molar-refractivity contribution in [3.8, 4) is 0 Å². The number of nitrogens with one attached hydrogen (secondary N) is 3. The van der Waals surface area contributed by atoms with E-state index in [1.165, 1.54) is 6.42 Å². The average Bonchev–Trinajstić information content (AvgIpc) is 2.42. The van der Waals surface area contributed by atoms with E-state index < -0.39 is 11.9 Å². The molecule has 1 saturated carbocycles. The number of nitrogens with zero attached hydrogens (tertiary/aromatic N) is 2. The fourth-order valence-electron chi connectivity index (χ4n) is 2.31. The molecule has 1 heterocycles. The maximum atomic E-state index is 11.7. The minimum absolute atomic E-state index is 0.0588. The predicted molar refractivity (Wildman–Crippen MR) is 81.3 cm³/mol. The zero-order valence-electron chi connectivity index (χ0n) is 11.4. The summed E-state index contributed by atoms with van der Waals surface area (Å²) in [5.41, 5.74) is 10.7. The maximum Gasteiger partial charge on any atom is 0.280 e. The van der Waals surface area contributed by atoms with Crippen molar-refractivity contribution in [1.82, 2.24) is 15.3 Å². The van der Waals surface area contributed by atoms with Gasteiger partial charge in [0.15, 0.2) is 28.4 Å². The Bertz CT molecular complexity index is 557. The molecule has 2 rings (SSSR count). The Labute approximate surface area is 127 Å². The van der Waals surface area contributed by atoms with E-state index >= 15 is 0 Å². The molecular weight excluding hydrogens is 294 g/mol. The monoisotopic (exact) mass is 311 g/mol. The number of carbonyl (C=O) groups is 1. The van der Waals surface area contributed by atoms with Gasteiger partial charge in [-0.1, -0.05) is 30.9 Å². The molecule has 1 aliphatic carbocycles. The molecule has 7 N–H and O–H groups in total. The third-order valence-electron chi connectivity index (χ3n) is 3.29. The molecule has 1 fully saturated rings. The number of amides is 1. The lowest BCUT2D eigenvalue weighted by atomic mass is 9.95. The second kappa shape index (κ2) is 6.57. The number of aromatic nitrogens is 2. The molecule has 0 radical (unpaired) electrons. The first-order chi connectivity index (χ1) is 9.97. The van der Waals surface area contributed by atoms with Gasteiger partial charge in [-0.15, -0.1) is 0 Å². The Balaban J connectivity index is 2.16. The Morgan fingerprint density at radius 2 is 1.95 bits per heavy atom. The highest BCUT2D eigenvalue weighted by molar-refractivity contribution is 6.32. The smallest absolute Gasteiger partial charge is 0.280 e. The number of halogens is 1. The molecule has 1 aromatic rings. The largest absolute Gasteiger partial charge is 0.382 e. The molecular formula is C12H18ClN7O. The topological polar surface area (TPSA) is 143 Å². The summed E-state index contributed by atoms with van der Waals surface area (Å²) in [5.74, 6) is -0.891. The van der Waals surface area contributed by atoms with E-state index in [0.29, 0.717) is 11.9 Å². The lowest BCUT2D eigenvalue weighted by molar-refractivity contribution is 0.0972. The normalized spacial score (nSPS) is 15.5. The van der Waals surface area contributed by atoms with Crippen LogP contribution in [0, 0.1) is 5.41 Å². The molecule has 21 heavy (non-hydrogen) atoms. The fourth-order valence-corrected chi connectivity index (χ4v) is 2.49. The molecule has 0 aromatic carbocycles. The summed E-state index contributed by atoms with van der Waals surface area (Å²) < 4.78 is 0. The Morgan fingerprint density at radius 1 is 1.29 bits per heavy atom. The van der Waals surface area contributed by atoms with Crippen molar-refractivity contribution in [2.45, 2.75) is 38.1 Å². The number of anilines is 2. The number of nitrogen functional groups attached to an aromatic ring is 1. The van der Waals surface area contributed by atoms with E-state index in [1.807, 2.05) is 0 Å². The summed E-state index contributed by atoms with van der Waals surface area (Å²) in [6.07, 6.45) is 5.66. The SMILES string of the molecule is N=C(N)NC(=O)c1nc(Cl)c(NC2CCCCC2)nc1N. The van der Waals surface area contributed by atoms with Crippen LogP contribution in [0.5, 0.6) is 0 Å². The molecule has 0 aliphatic heterocycles. The van der Waals surface area contributed by atoms with Gasteiger partial charge in [-0.3, -0.25) is 15.5 Å². The molecule has 0 atom stereocenters. The van der Waals surface area contributed by atoms with Crippen LogP contribution >= 0.6 is 11.6 Å². The van der Waals surface area contributed by atoms with E-state index in [9.17, 15) is 4.79 Å². The summed E-state index contributed by atoms with van der Waals surface area (Å²) in [6, 6.07) is 0.293. The molecule has 0 bridgehead atoms. The lowest BCUT2D eigenvalue weighted by Gasteiger charge is -2.23.